The van der Waals surface area contributed by atoms with Crippen molar-refractivity contribution in [1.82, 2.24) is 9.55 Å². The molecule has 26 heavy (non-hydrogen) atoms. The number of carbonyl (C=O) groups is 1. The van der Waals surface area contributed by atoms with Crippen LogP contribution in [0.1, 0.15) is 11.1 Å². The second kappa shape index (κ2) is 6.15. The lowest BCUT2D eigenvalue weighted by Gasteiger charge is -2.13. The molecule has 0 fully saturated rings. The van der Waals surface area contributed by atoms with Gasteiger partial charge in [-0.2, -0.15) is 0 Å². The molecule has 0 bridgehead atoms. The SMILES string of the molecule is Cc1cccc(-c2ccc3c(ncn3C(N)=O)c2-c2cccc(C)c2)c1. The molecule has 2 N–H and O–H groups in total. The highest BCUT2D eigenvalue weighted by atomic mass is 16.2. The maximum atomic E-state index is 11.7. The number of hydrogen-bond donors (Lipinski definition) is 1. The molecule has 0 unspecified atom stereocenters. The lowest BCUT2D eigenvalue weighted by Crippen LogP contribution is -2.18. The summed E-state index contributed by atoms with van der Waals surface area (Å²) in [7, 11) is 0. The van der Waals surface area contributed by atoms with E-state index in [-0.39, 0.29) is 0 Å². The third kappa shape index (κ3) is 2.65. The average Bonchev–Trinajstić information content (AvgIpc) is 3.05. The predicted molar refractivity (Wildman–Crippen MR) is 105 cm³/mol. The normalized spacial score (nSPS) is 11.0. The zero-order chi connectivity index (χ0) is 18.3. The van der Waals surface area contributed by atoms with Crippen molar-refractivity contribution in [1.29, 1.82) is 0 Å². The number of nitrogens with zero attached hydrogens (tertiary/aromatic N) is 2. The fourth-order valence-electron chi connectivity index (χ4n) is 3.40. The number of benzene rings is 3. The third-order valence-corrected chi connectivity index (χ3v) is 4.59. The van der Waals surface area contributed by atoms with Gasteiger partial charge in [0.15, 0.2) is 0 Å². The Labute approximate surface area is 151 Å². The lowest BCUT2D eigenvalue weighted by atomic mass is 9.92. The molecular weight excluding hydrogens is 322 g/mol. The molecule has 4 aromatic rings. The number of hydrogen-bond acceptors (Lipinski definition) is 2. The minimum atomic E-state index is -0.536. The van der Waals surface area contributed by atoms with E-state index in [9.17, 15) is 4.79 Å². The van der Waals surface area contributed by atoms with E-state index < -0.39 is 6.03 Å². The summed E-state index contributed by atoms with van der Waals surface area (Å²) in [6.45, 7) is 4.15. The van der Waals surface area contributed by atoms with Crippen LogP contribution in [0.25, 0.3) is 33.3 Å². The molecule has 4 nitrogen and oxygen atoms in total. The number of aromatic nitrogens is 2. The highest BCUT2D eigenvalue weighted by Crippen LogP contribution is 2.38. The first-order chi connectivity index (χ1) is 12.5. The molecule has 0 atom stereocenters. The number of primary amides is 1. The van der Waals surface area contributed by atoms with Gasteiger partial charge in [-0.25, -0.2) is 9.78 Å². The van der Waals surface area contributed by atoms with Gasteiger partial charge in [-0.15, -0.1) is 0 Å². The fourth-order valence-corrected chi connectivity index (χ4v) is 3.40. The van der Waals surface area contributed by atoms with E-state index in [1.165, 1.54) is 22.0 Å². The van der Waals surface area contributed by atoms with Gasteiger partial charge in [0.2, 0.25) is 0 Å². The molecule has 1 aromatic heterocycles. The van der Waals surface area contributed by atoms with Crippen molar-refractivity contribution in [3.63, 3.8) is 0 Å². The van der Waals surface area contributed by atoms with E-state index in [4.69, 9.17) is 5.73 Å². The van der Waals surface area contributed by atoms with Gasteiger partial charge in [0, 0.05) is 5.56 Å². The van der Waals surface area contributed by atoms with Crippen LogP contribution in [0.2, 0.25) is 0 Å². The van der Waals surface area contributed by atoms with Gasteiger partial charge < -0.3 is 5.73 Å². The fraction of sp³-hybridized carbons (Fsp3) is 0.0909. The van der Waals surface area contributed by atoms with E-state index >= 15 is 0 Å². The molecule has 0 aliphatic heterocycles. The highest BCUT2D eigenvalue weighted by molar-refractivity contribution is 6.03. The average molecular weight is 341 g/mol. The largest absolute Gasteiger partial charge is 0.351 e. The van der Waals surface area contributed by atoms with Crippen LogP contribution < -0.4 is 5.73 Å². The zero-order valence-electron chi connectivity index (χ0n) is 14.7. The highest BCUT2D eigenvalue weighted by Gasteiger charge is 2.17. The first-order valence-corrected chi connectivity index (χ1v) is 8.48. The number of fused-ring (bicyclic) bond motifs is 1. The van der Waals surface area contributed by atoms with E-state index in [2.05, 4.69) is 61.3 Å². The Morgan fingerprint density at radius 1 is 0.923 bits per heavy atom. The Hall–Kier alpha value is -3.40. The molecule has 128 valence electrons. The third-order valence-electron chi connectivity index (χ3n) is 4.59. The Bertz CT molecular complexity index is 1140. The summed E-state index contributed by atoms with van der Waals surface area (Å²) >= 11 is 0. The summed E-state index contributed by atoms with van der Waals surface area (Å²) in [4.78, 5) is 16.2. The van der Waals surface area contributed by atoms with Crippen LogP contribution in [0.5, 0.6) is 0 Å². The van der Waals surface area contributed by atoms with Gasteiger partial charge in [0.1, 0.15) is 6.33 Å². The van der Waals surface area contributed by atoms with E-state index in [1.807, 2.05) is 18.2 Å². The summed E-state index contributed by atoms with van der Waals surface area (Å²) in [6.07, 6.45) is 1.49. The number of aryl methyl sites for hydroxylation is 2. The number of carbonyl (C=O) groups excluding carboxylic acids is 1. The standard InChI is InChI=1S/C22H19N3O/c1-14-5-3-7-16(11-14)18-9-10-19-21(24-13-25(19)22(23)26)20(18)17-8-4-6-15(2)12-17/h3-13H,1-2H3,(H2,23,26). The van der Waals surface area contributed by atoms with Crippen LogP contribution in [0.3, 0.4) is 0 Å². The summed E-state index contributed by atoms with van der Waals surface area (Å²) in [6, 6.07) is 20.1. The Morgan fingerprint density at radius 2 is 1.58 bits per heavy atom. The zero-order valence-corrected chi connectivity index (χ0v) is 14.7. The predicted octanol–water partition coefficient (Wildman–Crippen LogP) is 4.91. The van der Waals surface area contributed by atoms with Gasteiger partial charge in [-0.05, 0) is 36.6 Å². The minimum Gasteiger partial charge on any atom is -0.351 e. The van der Waals surface area contributed by atoms with Crippen molar-refractivity contribution in [2.45, 2.75) is 13.8 Å². The molecule has 0 saturated carbocycles. The second-order valence-electron chi connectivity index (χ2n) is 6.55. The molecule has 4 rings (SSSR count). The van der Waals surface area contributed by atoms with Crippen molar-refractivity contribution >= 4 is 17.1 Å². The number of imidazole rings is 1. The van der Waals surface area contributed by atoms with Crippen LogP contribution in [0.15, 0.2) is 67.0 Å². The Balaban J connectivity index is 2.09. The molecule has 0 aliphatic rings. The monoisotopic (exact) mass is 341 g/mol. The first kappa shape index (κ1) is 16.1. The first-order valence-electron chi connectivity index (χ1n) is 8.48. The molecule has 0 radical (unpaired) electrons. The molecule has 1 heterocycles. The Kier molecular flexibility index (Phi) is 3.81. The van der Waals surface area contributed by atoms with Gasteiger partial charge in [0.25, 0.3) is 0 Å². The summed E-state index contributed by atoms with van der Waals surface area (Å²) in [5.74, 6) is 0. The van der Waals surface area contributed by atoms with Crippen LogP contribution in [-0.4, -0.2) is 15.6 Å². The molecule has 1 amide bonds. The Morgan fingerprint density at radius 3 is 2.23 bits per heavy atom. The number of nitrogens with two attached hydrogens (primary N) is 1. The van der Waals surface area contributed by atoms with Crippen LogP contribution in [0, 0.1) is 13.8 Å². The van der Waals surface area contributed by atoms with Crippen LogP contribution >= 0.6 is 0 Å². The summed E-state index contributed by atoms with van der Waals surface area (Å²) in [5, 5.41) is 0. The van der Waals surface area contributed by atoms with Crippen molar-refractivity contribution in [2.75, 3.05) is 0 Å². The van der Waals surface area contributed by atoms with Crippen LogP contribution in [0.4, 0.5) is 4.79 Å². The van der Waals surface area contributed by atoms with E-state index in [1.54, 1.807) is 0 Å². The van der Waals surface area contributed by atoms with Crippen LogP contribution in [-0.2, 0) is 0 Å². The number of amides is 1. The van der Waals surface area contributed by atoms with Gasteiger partial charge in [-0.3, -0.25) is 4.57 Å². The van der Waals surface area contributed by atoms with Crippen molar-refractivity contribution < 1.29 is 4.79 Å². The summed E-state index contributed by atoms with van der Waals surface area (Å²) in [5.41, 5.74) is 13.6. The van der Waals surface area contributed by atoms with E-state index in [0.717, 1.165) is 27.8 Å². The summed E-state index contributed by atoms with van der Waals surface area (Å²) < 4.78 is 1.38. The number of rotatable bonds is 2. The lowest BCUT2D eigenvalue weighted by molar-refractivity contribution is 0.251. The van der Waals surface area contributed by atoms with Gasteiger partial charge in [0.05, 0.1) is 11.0 Å². The van der Waals surface area contributed by atoms with Crippen molar-refractivity contribution in [2.24, 2.45) is 5.73 Å². The molecule has 4 heteroatoms. The molecule has 3 aromatic carbocycles. The topological polar surface area (TPSA) is 60.9 Å². The second-order valence-corrected chi connectivity index (χ2v) is 6.55. The molecule has 0 spiro atoms. The van der Waals surface area contributed by atoms with E-state index in [0.29, 0.717) is 5.52 Å². The van der Waals surface area contributed by atoms with Crippen molar-refractivity contribution in [3.8, 4) is 22.3 Å². The maximum absolute atomic E-state index is 11.7. The van der Waals surface area contributed by atoms with Crippen molar-refractivity contribution in [3.05, 3.63) is 78.1 Å². The molecule has 0 saturated heterocycles. The van der Waals surface area contributed by atoms with Gasteiger partial charge >= 0.3 is 6.03 Å². The minimum absolute atomic E-state index is 0.536. The smallest absolute Gasteiger partial charge is 0.324 e. The molecular formula is C22H19N3O. The molecule has 0 aliphatic carbocycles. The maximum Gasteiger partial charge on any atom is 0.324 e. The van der Waals surface area contributed by atoms with Gasteiger partial charge in [-0.1, -0.05) is 65.7 Å². The quantitative estimate of drug-likeness (QED) is 0.563.